The van der Waals surface area contributed by atoms with Crippen LogP contribution in [0.15, 0.2) is 78.9 Å². The molecule has 0 bridgehead atoms. The maximum Gasteiger partial charge on any atom is 0.189 e. The Morgan fingerprint density at radius 1 is 0.625 bits per heavy atom. The Labute approximate surface area is 295 Å². The number of benzene rings is 3. The zero-order chi connectivity index (χ0) is 33.8. The highest BCUT2D eigenvalue weighted by Gasteiger charge is 2.23. The first kappa shape index (κ1) is 37.7. The number of carbonyl (C=O) groups excluding carboxylic acids is 1. The summed E-state index contributed by atoms with van der Waals surface area (Å²) in [7, 11) is 0. The maximum absolute atomic E-state index is 8.00. The van der Waals surface area contributed by atoms with Crippen LogP contribution in [0, 0.1) is 11.8 Å². The summed E-state index contributed by atoms with van der Waals surface area (Å²) in [6.45, 7) is 7.22. The second-order valence-electron chi connectivity index (χ2n) is 14.2. The largest absolute Gasteiger partial charge is 0.483 e. The second kappa shape index (κ2) is 21.8. The molecule has 0 radical (unpaired) electrons. The van der Waals surface area contributed by atoms with Crippen molar-refractivity contribution in [3.8, 4) is 11.5 Å². The first-order valence-corrected chi connectivity index (χ1v) is 19.1. The summed E-state index contributed by atoms with van der Waals surface area (Å²) in [6, 6.07) is 28.0. The minimum atomic E-state index is -0.200. The van der Waals surface area contributed by atoms with Crippen molar-refractivity contribution >= 4 is 6.79 Å². The van der Waals surface area contributed by atoms with E-state index < -0.39 is 0 Å². The van der Waals surface area contributed by atoms with Gasteiger partial charge in [-0.15, -0.1) is 0 Å². The molecule has 266 valence electrons. The lowest BCUT2D eigenvalue weighted by Gasteiger charge is -2.29. The fourth-order valence-electron chi connectivity index (χ4n) is 7.88. The SMILES string of the molecule is C=O.CCCCCC1CCC(c2ccc(OCOCC(Oc3ccc(C4CCC(CCCCC)CC4)cc3)c3ccccc3)cc2)CC1.[HH].[HH]. The fourth-order valence-corrected chi connectivity index (χ4v) is 7.88. The zero-order valence-electron chi connectivity index (χ0n) is 30.0. The van der Waals surface area contributed by atoms with Crippen molar-refractivity contribution in [3.05, 3.63) is 95.6 Å². The molecule has 0 saturated heterocycles. The molecule has 0 aromatic heterocycles. The summed E-state index contributed by atoms with van der Waals surface area (Å²) in [5.41, 5.74) is 4.03. The number of rotatable bonds is 18. The number of hydrogen-bond donors (Lipinski definition) is 0. The van der Waals surface area contributed by atoms with E-state index in [0.717, 1.165) is 28.9 Å². The van der Waals surface area contributed by atoms with Gasteiger partial charge >= 0.3 is 0 Å². The summed E-state index contributed by atoms with van der Waals surface area (Å²) in [5, 5.41) is 0. The van der Waals surface area contributed by atoms with Gasteiger partial charge < -0.3 is 19.0 Å². The third-order valence-corrected chi connectivity index (χ3v) is 10.9. The third kappa shape index (κ3) is 12.4. The van der Waals surface area contributed by atoms with Crippen molar-refractivity contribution in [1.29, 1.82) is 0 Å². The first-order chi connectivity index (χ1) is 23.7. The fraction of sp³-hybridized carbons (Fsp3) is 0.568. The number of ether oxygens (including phenoxy) is 3. The molecule has 1 unspecified atom stereocenters. The highest BCUT2D eigenvalue weighted by Crippen LogP contribution is 2.39. The lowest BCUT2D eigenvalue weighted by Crippen LogP contribution is -2.17. The van der Waals surface area contributed by atoms with Crippen LogP contribution in [0.1, 0.15) is 154 Å². The molecule has 1 atom stereocenters. The van der Waals surface area contributed by atoms with E-state index in [-0.39, 0.29) is 15.8 Å². The molecule has 0 spiro atoms. The third-order valence-electron chi connectivity index (χ3n) is 10.9. The second-order valence-corrected chi connectivity index (χ2v) is 14.2. The molecule has 2 aliphatic rings. The highest BCUT2D eigenvalue weighted by molar-refractivity contribution is 5.31. The van der Waals surface area contributed by atoms with Crippen molar-refractivity contribution in [3.63, 3.8) is 0 Å². The van der Waals surface area contributed by atoms with E-state index in [4.69, 9.17) is 19.0 Å². The number of unbranched alkanes of at least 4 members (excludes halogenated alkanes) is 4. The van der Waals surface area contributed by atoms with Gasteiger partial charge in [-0.2, -0.15) is 0 Å². The summed E-state index contributed by atoms with van der Waals surface area (Å²) in [4.78, 5) is 8.00. The van der Waals surface area contributed by atoms with Crippen LogP contribution in [0.25, 0.3) is 0 Å². The van der Waals surface area contributed by atoms with Crippen LogP contribution in [0.4, 0.5) is 0 Å². The zero-order valence-corrected chi connectivity index (χ0v) is 30.0. The minimum absolute atomic E-state index is 0. The Bertz CT molecular complexity index is 1240. The standard InChI is InChI=1S/C43H60O3.CH2O.2H2/c1-3-5-8-12-34-16-20-36(21-17-34)38-24-28-41(29-25-38)45-33-44-32-43(40-14-10-7-11-15-40)46-42-30-26-39(27-31-42)37-22-18-35(19-23-37)13-9-6-4-2;1-2;;/h7,10-11,14-15,24-31,34-37,43H,3-6,8-9,12-13,16-23,32-33H2,1-2H3;1H2;2*1H. The van der Waals surface area contributed by atoms with Crippen molar-refractivity contribution < 1.29 is 21.9 Å². The van der Waals surface area contributed by atoms with Crippen LogP contribution in [-0.2, 0) is 9.53 Å². The van der Waals surface area contributed by atoms with Gasteiger partial charge in [-0.1, -0.05) is 120 Å². The first-order valence-electron chi connectivity index (χ1n) is 19.1. The molecule has 3 aromatic carbocycles. The van der Waals surface area contributed by atoms with Gasteiger partial charge in [0.15, 0.2) is 6.79 Å². The van der Waals surface area contributed by atoms with Gasteiger partial charge in [-0.3, -0.25) is 0 Å². The predicted molar refractivity (Wildman–Crippen MR) is 203 cm³/mol. The van der Waals surface area contributed by atoms with E-state index in [1.165, 1.54) is 114 Å². The molecule has 0 N–H and O–H groups in total. The monoisotopic (exact) mass is 658 g/mol. The van der Waals surface area contributed by atoms with E-state index in [2.05, 4.69) is 86.6 Å². The van der Waals surface area contributed by atoms with Crippen LogP contribution in [0.2, 0.25) is 0 Å². The molecule has 5 rings (SSSR count). The topological polar surface area (TPSA) is 44.8 Å². The molecular formula is C44H66O4. The predicted octanol–water partition coefficient (Wildman–Crippen LogP) is 12.9. The molecule has 48 heavy (non-hydrogen) atoms. The molecule has 0 amide bonds. The normalized spacial score (nSPS) is 21.5. The molecular weight excluding hydrogens is 592 g/mol. The van der Waals surface area contributed by atoms with Crippen LogP contribution in [0.3, 0.4) is 0 Å². The Balaban J connectivity index is 0.00000213. The van der Waals surface area contributed by atoms with Gasteiger partial charge in [-0.05, 0) is 116 Å². The highest BCUT2D eigenvalue weighted by atomic mass is 16.7. The summed E-state index contributed by atoms with van der Waals surface area (Å²) >= 11 is 0. The maximum atomic E-state index is 8.00. The van der Waals surface area contributed by atoms with Crippen LogP contribution in [0.5, 0.6) is 11.5 Å². The Kier molecular flexibility index (Phi) is 17.1. The van der Waals surface area contributed by atoms with E-state index in [0.29, 0.717) is 18.4 Å². The van der Waals surface area contributed by atoms with Crippen LogP contribution in [-0.4, -0.2) is 20.2 Å². The van der Waals surface area contributed by atoms with E-state index in [1.54, 1.807) is 0 Å². The van der Waals surface area contributed by atoms with E-state index in [9.17, 15) is 0 Å². The summed E-state index contributed by atoms with van der Waals surface area (Å²) < 4.78 is 18.5. The molecule has 2 aliphatic carbocycles. The number of carbonyl (C=O) groups is 1. The summed E-state index contributed by atoms with van der Waals surface area (Å²) in [6.07, 6.45) is 21.7. The Hall–Kier alpha value is -3.11. The molecule has 0 heterocycles. The van der Waals surface area contributed by atoms with Gasteiger partial charge in [0.2, 0.25) is 0 Å². The van der Waals surface area contributed by atoms with Crippen molar-refractivity contribution in [2.24, 2.45) is 11.8 Å². The molecule has 4 heteroatoms. The number of hydrogen-bond acceptors (Lipinski definition) is 4. The van der Waals surface area contributed by atoms with Gasteiger partial charge in [0, 0.05) is 2.85 Å². The van der Waals surface area contributed by atoms with Crippen molar-refractivity contribution in [1.82, 2.24) is 0 Å². The van der Waals surface area contributed by atoms with Gasteiger partial charge in [0.25, 0.3) is 0 Å². The molecule has 2 saturated carbocycles. The Morgan fingerprint density at radius 3 is 1.58 bits per heavy atom. The lowest BCUT2D eigenvalue weighted by molar-refractivity contribution is -0.0980. The van der Waals surface area contributed by atoms with Crippen LogP contribution < -0.4 is 9.47 Å². The Morgan fingerprint density at radius 2 is 1.10 bits per heavy atom. The van der Waals surface area contributed by atoms with Crippen LogP contribution >= 0.6 is 0 Å². The van der Waals surface area contributed by atoms with Crippen molar-refractivity contribution in [2.75, 3.05) is 13.4 Å². The van der Waals surface area contributed by atoms with E-state index >= 15 is 0 Å². The average molecular weight is 659 g/mol. The molecule has 4 nitrogen and oxygen atoms in total. The quantitative estimate of drug-likeness (QED) is 0.101. The average Bonchev–Trinajstić information content (AvgIpc) is 3.15. The van der Waals surface area contributed by atoms with Gasteiger partial charge in [-0.25, -0.2) is 0 Å². The molecule has 3 aromatic rings. The molecule has 2 fully saturated rings. The smallest absolute Gasteiger partial charge is 0.189 e. The minimum Gasteiger partial charge on any atom is -0.483 e. The van der Waals surface area contributed by atoms with Gasteiger partial charge in [0.05, 0.1) is 6.61 Å². The summed E-state index contributed by atoms with van der Waals surface area (Å²) in [5.74, 6) is 5.02. The van der Waals surface area contributed by atoms with Crippen molar-refractivity contribution in [2.45, 2.75) is 135 Å². The van der Waals surface area contributed by atoms with Gasteiger partial charge in [0.1, 0.15) is 24.4 Å². The molecule has 0 aliphatic heterocycles. The lowest BCUT2D eigenvalue weighted by atomic mass is 9.77. The van der Waals surface area contributed by atoms with E-state index in [1.807, 2.05) is 12.9 Å².